The van der Waals surface area contributed by atoms with E-state index in [1.165, 1.54) is 7.11 Å². The maximum atomic E-state index is 12.6. The number of ether oxygens (including phenoxy) is 1. The number of β-amino-alcohol motifs (C(OH)–C–C–N with tert-alkyl or cyclic N) is 1. The van der Waals surface area contributed by atoms with Gasteiger partial charge >= 0.3 is 0 Å². The van der Waals surface area contributed by atoms with E-state index >= 15 is 0 Å². The highest BCUT2D eigenvalue weighted by Gasteiger charge is 2.22. The molecule has 0 bridgehead atoms. The third-order valence-electron chi connectivity index (χ3n) is 3.57. The van der Waals surface area contributed by atoms with Gasteiger partial charge in [-0.15, -0.1) is 0 Å². The maximum Gasteiger partial charge on any atom is 0.107 e. The van der Waals surface area contributed by atoms with Gasteiger partial charge in [-0.1, -0.05) is 12.1 Å². The summed E-state index contributed by atoms with van der Waals surface area (Å²) in [5.41, 5.74) is 7.63. The molecule has 19 heavy (non-hydrogen) atoms. The number of anilines is 1. The third kappa shape index (κ3) is 3.23. The van der Waals surface area contributed by atoms with Crippen molar-refractivity contribution in [3.63, 3.8) is 0 Å². The lowest BCUT2D eigenvalue weighted by atomic mass is 10.0. The summed E-state index contributed by atoms with van der Waals surface area (Å²) >= 11 is 0. The van der Waals surface area contributed by atoms with Gasteiger partial charge in [-0.2, -0.15) is 0 Å². The van der Waals surface area contributed by atoms with Gasteiger partial charge in [0.25, 0.3) is 0 Å². The van der Waals surface area contributed by atoms with Crippen LogP contribution in [0.5, 0.6) is 0 Å². The fraction of sp³-hybridized carbons (Fsp3) is 0.571. The Kier molecular flexibility index (Phi) is 4.74. The van der Waals surface area contributed by atoms with Crippen LogP contribution in [0.15, 0.2) is 24.3 Å². The van der Waals surface area contributed by atoms with E-state index < -0.39 is 18.8 Å². The molecular formula is C14H21FN2O2. The van der Waals surface area contributed by atoms with Gasteiger partial charge in [0.05, 0.1) is 18.2 Å². The van der Waals surface area contributed by atoms with Crippen LogP contribution in [0.25, 0.3) is 0 Å². The first-order chi connectivity index (χ1) is 9.15. The topological polar surface area (TPSA) is 58.7 Å². The van der Waals surface area contributed by atoms with Crippen molar-refractivity contribution >= 4 is 5.69 Å². The molecule has 0 unspecified atom stereocenters. The minimum absolute atomic E-state index is 0.244. The van der Waals surface area contributed by atoms with Gasteiger partial charge in [-0.25, -0.2) is 4.39 Å². The van der Waals surface area contributed by atoms with E-state index in [1.54, 1.807) is 0 Å². The third-order valence-corrected chi connectivity index (χ3v) is 3.57. The molecule has 1 aliphatic rings. The van der Waals surface area contributed by atoms with Crippen LogP contribution >= 0.6 is 0 Å². The van der Waals surface area contributed by atoms with Gasteiger partial charge in [0.15, 0.2) is 0 Å². The summed E-state index contributed by atoms with van der Waals surface area (Å²) in [6, 6.07) is 7.09. The zero-order chi connectivity index (χ0) is 13.8. The zero-order valence-electron chi connectivity index (χ0n) is 11.1. The van der Waals surface area contributed by atoms with Crippen LogP contribution in [0.1, 0.15) is 18.1 Å². The van der Waals surface area contributed by atoms with Crippen LogP contribution in [0.2, 0.25) is 0 Å². The molecule has 0 spiro atoms. The molecule has 0 amide bonds. The lowest BCUT2D eigenvalue weighted by Gasteiger charge is -2.22. The molecule has 1 aromatic rings. The number of hydrogen-bond donors (Lipinski definition) is 2. The summed E-state index contributed by atoms with van der Waals surface area (Å²) in [6.45, 7) is 0.911. The number of benzene rings is 1. The Bertz CT molecular complexity index is 399. The first-order valence-corrected chi connectivity index (χ1v) is 6.53. The Morgan fingerprint density at radius 3 is 2.63 bits per heavy atom. The Morgan fingerprint density at radius 1 is 1.47 bits per heavy atom. The molecule has 0 aliphatic carbocycles. The van der Waals surface area contributed by atoms with E-state index in [2.05, 4.69) is 4.90 Å². The van der Waals surface area contributed by atoms with Crippen molar-refractivity contribution < 1.29 is 14.2 Å². The molecule has 106 valence electrons. The van der Waals surface area contributed by atoms with Crippen LogP contribution < -0.4 is 10.6 Å². The molecular weight excluding hydrogens is 247 g/mol. The fourth-order valence-electron chi connectivity index (χ4n) is 2.49. The quantitative estimate of drug-likeness (QED) is 0.843. The van der Waals surface area contributed by atoms with Crippen molar-refractivity contribution in [2.75, 3.05) is 31.8 Å². The minimum atomic E-state index is -0.649. The predicted octanol–water partition coefficient (Wildman–Crippen LogP) is 1.24. The molecule has 3 atom stereocenters. The Morgan fingerprint density at radius 2 is 2.16 bits per heavy atom. The van der Waals surface area contributed by atoms with Gasteiger partial charge in [0.1, 0.15) is 6.67 Å². The molecule has 4 nitrogen and oxygen atoms in total. The molecule has 2 rings (SSSR count). The number of hydrogen-bond acceptors (Lipinski definition) is 4. The highest BCUT2D eigenvalue weighted by molar-refractivity contribution is 5.49. The van der Waals surface area contributed by atoms with E-state index in [1.807, 2.05) is 24.3 Å². The number of halogens is 1. The molecule has 1 aromatic carbocycles. The molecule has 1 fully saturated rings. The van der Waals surface area contributed by atoms with Crippen LogP contribution in [-0.4, -0.2) is 44.1 Å². The van der Waals surface area contributed by atoms with Crippen molar-refractivity contribution in [2.24, 2.45) is 5.73 Å². The van der Waals surface area contributed by atoms with Crippen molar-refractivity contribution in [1.29, 1.82) is 0 Å². The average molecular weight is 268 g/mol. The maximum absolute atomic E-state index is 12.6. The molecule has 1 heterocycles. The van der Waals surface area contributed by atoms with E-state index in [-0.39, 0.29) is 6.10 Å². The van der Waals surface area contributed by atoms with Crippen molar-refractivity contribution in [2.45, 2.75) is 24.7 Å². The van der Waals surface area contributed by atoms with Gasteiger partial charge in [0, 0.05) is 25.9 Å². The first kappa shape index (κ1) is 14.2. The minimum Gasteiger partial charge on any atom is -0.391 e. The summed E-state index contributed by atoms with van der Waals surface area (Å²) in [7, 11) is 1.53. The van der Waals surface area contributed by atoms with E-state index in [0.29, 0.717) is 6.54 Å². The van der Waals surface area contributed by atoms with Crippen LogP contribution in [0, 0.1) is 0 Å². The highest BCUT2D eigenvalue weighted by atomic mass is 19.1. The molecule has 1 aliphatic heterocycles. The predicted molar refractivity (Wildman–Crippen MR) is 73.0 cm³/mol. The molecule has 0 aromatic heterocycles. The monoisotopic (exact) mass is 268 g/mol. The van der Waals surface area contributed by atoms with Gasteiger partial charge in [0.2, 0.25) is 0 Å². The number of methoxy groups -OCH3 is 1. The molecule has 0 radical (unpaired) electrons. The van der Waals surface area contributed by atoms with Gasteiger partial charge in [-0.05, 0) is 24.1 Å². The van der Waals surface area contributed by atoms with Gasteiger partial charge < -0.3 is 20.5 Å². The van der Waals surface area contributed by atoms with E-state index in [9.17, 15) is 9.50 Å². The fourth-order valence-corrected chi connectivity index (χ4v) is 2.49. The second-order valence-corrected chi connectivity index (χ2v) is 4.95. The SMILES string of the molecule is CO[C@H](c1ccc(N2CC[C@@H](O)C2)cc1)[C@H](N)CF. The van der Waals surface area contributed by atoms with Gasteiger partial charge in [-0.3, -0.25) is 0 Å². The standard InChI is InChI=1S/C14H21FN2O2/c1-19-14(13(16)8-15)10-2-4-11(5-3-10)17-7-6-12(18)9-17/h2-5,12-14,18H,6-9,16H2,1H3/t12-,13-,14-/m1/s1. The molecule has 0 saturated carbocycles. The Labute approximate surface area is 113 Å². The first-order valence-electron chi connectivity index (χ1n) is 6.53. The molecule has 3 N–H and O–H groups in total. The normalized spacial score (nSPS) is 22.5. The number of alkyl halides is 1. The second-order valence-electron chi connectivity index (χ2n) is 4.95. The summed E-state index contributed by atoms with van der Waals surface area (Å²) < 4.78 is 17.9. The van der Waals surface area contributed by atoms with E-state index in [4.69, 9.17) is 10.5 Å². The smallest absolute Gasteiger partial charge is 0.107 e. The Balaban J connectivity index is 2.09. The average Bonchev–Trinajstić information content (AvgIpc) is 2.87. The highest BCUT2D eigenvalue weighted by Crippen LogP contribution is 2.25. The summed E-state index contributed by atoms with van der Waals surface area (Å²) in [5.74, 6) is 0. The number of nitrogens with two attached hydrogens (primary N) is 1. The zero-order valence-corrected chi connectivity index (χ0v) is 11.1. The lowest BCUT2D eigenvalue weighted by Crippen LogP contribution is -2.31. The number of aliphatic hydroxyl groups is 1. The molecule has 1 saturated heterocycles. The number of nitrogens with zero attached hydrogens (tertiary/aromatic N) is 1. The second kappa shape index (κ2) is 6.32. The number of aliphatic hydroxyl groups excluding tert-OH is 1. The molecule has 5 heteroatoms. The van der Waals surface area contributed by atoms with E-state index in [0.717, 1.165) is 24.2 Å². The largest absolute Gasteiger partial charge is 0.391 e. The summed E-state index contributed by atoms with van der Waals surface area (Å²) in [5, 5.41) is 9.53. The van der Waals surface area contributed by atoms with Crippen molar-refractivity contribution in [3.8, 4) is 0 Å². The summed E-state index contributed by atoms with van der Waals surface area (Å²) in [4.78, 5) is 2.13. The summed E-state index contributed by atoms with van der Waals surface area (Å²) in [6.07, 6.45) is 0.129. The van der Waals surface area contributed by atoms with Crippen LogP contribution in [-0.2, 0) is 4.74 Å². The van der Waals surface area contributed by atoms with Crippen molar-refractivity contribution in [1.82, 2.24) is 0 Å². The van der Waals surface area contributed by atoms with Crippen LogP contribution in [0.4, 0.5) is 10.1 Å². The van der Waals surface area contributed by atoms with Crippen LogP contribution in [0.3, 0.4) is 0 Å². The number of rotatable bonds is 5. The lowest BCUT2D eigenvalue weighted by molar-refractivity contribution is 0.0721. The Hall–Kier alpha value is -1.17. The van der Waals surface area contributed by atoms with Crippen molar-refractivity contribution in [3.05, 3.63) is 29.8 Å².